The molecule has 4 aromatic rings. The van der Waals surface area contributed by atoms with Crippen LogP contribution >= 0.6 is 0 Å². The van der Waals surface area contributed by atoms with E-state index in [1.807, 2.05) is 12.1 Å². The van der Waals surface area contributed by atoms with Crippen LogP contribution in [0.15, 0.2) is 78.9 Å². The van der Waals surface area contributed by atoms with Crippen molar-refractivity contribution in [2.75, 3.05) is 32.7 Å². The van der Waals surface area contributed by atoms with Gasteiger partial charge in [0.15, 0.2) is 11.6 Å². The quantitative estimate of drug-likeness (QED) is 0.308. The fraction of sp³-hybridized carbons (Fsp3) is 0.310. The van der Waals surface area contributed by atoms with Crippen LogP contribution in [0.5, 0.6) is 0 Å². The highest BCUT2D eigenvalue weighted by molar-refractivity contribution is 5.98. The van der Waals surface area contributed by atoms with Crippen molar-refractivity contribution in [1.29, 1.82) is 0 Å². The third-order valence-corrected chi connectivity index (χ3v) is 7.05. The number of aromatic nitrogens is 4. The minimum Gasteiger partial charge on any atom is -0.300 e. The number of carbonyl (C=O) groups excluding carboxylic acids is 1. The number of benzene rings is 3. The summed E-state index contributed by atoms with van der Waals surface area (Å²) in [4.78, 5) is 18.8. The molecule has 0 bridgehead atoms. The van der Waals surface area contributed by atoms with E-state index in [0.717, 1.165) is 44.9 Å². The second-order valence-corrected chi connectivity index (χ2v) is 9.54. The first kappa shape index (κ1) is 25.8. The Morgan fingerprint density at radius 3 is 2.13 bits per heavy atom. The van der Waals surface area contributed by atoms with Crippen LogP contribution in [0.1, 0.15) is 46.3 Å². The second-order valence-electron chi connectivity index (χ2n) is 9.54. The molecule has 7 nitrogen and oxygen atoms in total. The monoisotopic (exact) mass is 516 g/mol. The van der Waals surface area contributed by atoms with Gasteiger partial charge in [0.25, 0.3) is 0 Å². The maximum absolute atomic E-state index is 14.0. The number of piperazine rings is 1. The minimum absolute atomic E-state index is 0.195. The first-order valence-corrected chi connectivity index (χ1v) is 12.8. The predicted octanol–water partition coefficient (Wildman–Crippen LogP) is 4.34. The normalized spacial score (nSPS) is 15.6. The highest BCUT2D eigenvalue weighted by Gasteiger charge is 2.27. The van der Waals surface area contributed by atoms with Crippen LogP contribution in [-0.4, -0.2) is 68.5 Å². The summed E-state index contributed by atoms with van der Waals surface area (Å²) in [6.07, 6.45) is 0.590. The maximum Gasteiger partial charge on any atom is 0.191 e. The average Bonchev–Trinajstić information content (AvgIpc) is 3.42. The molecule has 196 valence electrons. The summed E-state index contributed by atoms with van der Waals surface area (Å²) in [5.74, 6) is -1.64. The van der Waals surface area contributed by atoms with Crippen molar-refractivity contribution in [3.05, 3.63) is 113 Å². The molecule has 0 spiro atoms. The van der Waals surface area contributed by atoms with Gasteiger partial charge in [-0.1, -0.05) is 60.7 Å². The van der Waals surface area contributed by atoms with Gasteiger partial charge in [-0.05, 0) is 35.4 Å². The fourth-order valence-corrected chi connectivity index (χ4v) is 4.93. The summed E-state index contributed by atoms with van der Waals surface area (Å²) in [6, 6.07) is 23.5. The first-order chi connectivity index (χ1) is 18.5. The van der Waals surface area contributed by atoms with Gasteiger partial charge in [0.1, 0.15) is 17.7 Å². The van der Waals surface area contributed by atoms with Gasteiger partial charge in [-0.2, -0.15) is 4.80 Å². The van der Waals surface area contributed by atoms with Gasteiger partial charge in [0.2, 0.25) is 0 Å². The molecule has 0 N–H and O–H groups in total. The summed E-state index contributed by atoms with van der Waals surface area (Å²) >= 11 is 0. The number of carbonyl (C=O) groups is 1. The Bertz CT molecular complexity index is 1320. The topological polar surface area (TPSA) is 67.2 Å². The summed E-state index contributed by atoms with van der Waals surface area (Å²) in [6.45, 7) is 6.06. The molecule has 1 saturated heterocycles. The summed E-state index contributed by atoms with van der Waals surface area (Å²) in [5, 5.41) is 12.5. The summed E-state index contributed by atoms with van der Waals surface area (Å²) < 4.78 is 27.2. The molecular formula is C29H30F2N6O. The molecule has 1 fully saturated rings. The number of Topliss-reactive ketones (excluding diaryl/α,β-unsaturated/α-hetero) is 1. The number of rotatable bonds is 9. The Morgan fingerprint density at radius 2 is 1.53 bits per heavy atom. The fourth-order valence-electron chi connectivity index (χ4n) is 4.93. The zero-order valence-corrected chi connectivity index (χ0v) is 21.3. The zero-order valence-electron chi connectivity index (χ0n) is 21.3. The van der Waals surface area contributed by atoms with E-state index in [0.29, 0.717) is 18.3 Å². The van der Waals surface area contributed by atoms with Gasteiger partial charge < -0.3 is 4.90 Å². The van der Waals surface area contributed by atoms with E-state index in [-0.39, 0.29) is 11.6 Å². The van der Waals surface area contributed by atoms with Crippen LogP contribution in [0.25, 0.3) is 0 Å². The lowest BCUT2D eigenvalue weighted by Crippen LogP contribution is -2.48. The predicted molar refractivity (Wildman–Crippen MR) is 140 cm³/mol. The standard InChI is InChI=1S/C29H30F2N6O/c1-21(29(38)25-13-12-24(30)20-26(25)31)37-33-27(32-34-37)14-15-35-16-18-36(19-17-35)28(22-8-4-2-5-9-22)23-10-6-3-7-11-23/h2-13,20-21,28H,14-19H2,1H3. The first-order valence-electron chi connectivity index (χ1n) is 12.8. The number of halogens is 2. The van der Waals surface area contributed by atoms with E-state index in [2.05, 4.69) is 73.7 Å². The van der Waals surface area contributed by atoms with Crippen LogP contribution < -0.4 is 0 Å². The Kier molecular flexibility index (Phi) is 7.95. The largest absolute Gasteiger partial charge is 0.300 e. The zero-order chi connectivity index (χ0) is 26.5. The van der Waals surface area contributed by atoms with Gasteiger partial charge in [0, 0.05) is 45.2 Å². The number of hydrogen-bond donors (Lipinski definition) is 0. The van der Waals surface area contributed by atoms with Crippen LogP contribution in [0.4, 0.5) is 8.78 Å². The van der Waals surface area contributed by atoms with E-state index in [4.69, 9.17) is 0 Å². The Hall–Kier alpha value is -3.82. The van der Waals surface area contributed by atoms with Crippen LogP contribution in [0.3, 0.4) is 0 Å². The molecule has 2 heterocycles. The van der Waals surface area contributed by atoms with Crippen LogP contribution in [-0.2, 0) is 6.42 Å². The van der Waals surface area contributed by atoms with Gasteiger partial charge in [-0.3, -0.25) is 9.69 Å². The lowest BCUT2D eigenvalue weighted by molar-refractivity contribution is 0.0913. The molecule has 1 aromatic heterocycles. The molecule has 0 aliphatic carbocycles. The maximum atomic E-state index is 14.0. The molecule has 3 aromatic carbocycles. The van der Waals surface area contributed by atoms with Crippen molar-refractivity contribution in [3.8, 4) is 0 Å². The van der Waals surface area contributed by atoms with Crippen molar-refractivity contribution in [2.24, 2.45) is 0 Å². The summed E-state index contributed by atoms with van der Waals surface area (Å²) in [7, 11) is 0. The smallest absolute Gasteiger partial charge is 0.191 e. The average molecular weight is 517 g/mol. The molecule has 1 atom stereocenters. The van der Waals surface area contributed by atoms with Crippen LogP contribution in [0, 0.1) is 11.6 Å². The molecule has 5 rings (SSSR count). The van der Waals surface area contributed by atoms with Crippen molar-refractivity contribution in [2.45, 2.75) is 25.4 Å². The van der Waals surface area contributed by atoms with E-state index < -0.39 is 23.5 Å². The number of tetrazole rings is 1. The summed E-state index contributed by atoms with van der Waals surface area (Å²) in [5.41, 5.74) is 2.38. The van der Waals surface area contributed by atoms with E-state index in [9.17, 15) is 13.6 Å². The van der Waals surface area contributed by atoms with Gasteiger partial charge in [0.05, 0.1) is 11.6 Å². The number of hydrogen-bond acceptors (Lipinski definition) is 6. The number of ketones is 1. The van der Waals surface area contributed by atoms with Crippen molar-refractivity contribution < 1.29 is 13.6 Å². The minimum atomic E-state index is -0.900. The molecular weight excluding hydrogens is 486 g/mol. The Balaban J connectivity index is 1.17. The second kappa shape index (κ2) is 11.7. The van der Waals surface area contributed by atoms with E-state index >= 15 is 0 Å². The molecule has 38 heavy (non-hydrogen) atoms. The third kappa shape index (κ3) is 5.84. The van der Waals surface area contributed by atoms with Crippen molar-refractivity contribution in [1.82, 2.24) is 30.0 Å². The Labute approximate surface area is 220 Å². The molecule has 1 aliphatic heterocycles. The van der Waals surface area contributed by atoms with Gasteiger partial charge >= 0.3 is 0 Å². The molecule has 1 aliphatic rings. The lowest BCUT2D eigenvalue weighted by Gasteiger charge is -2.39. The molecule has 0 saturated carbocycles. The highest BCUT2D eigenvalue weighted by Crippen LogP contribution is 2.29. The van der Waals surface area contributed by atoms with Crippen LogP contribution in [0.2, 0.25) is 0 Å². The number of nitrogens with zero attached hydrogens (tertiary/aromatic N) is 6. The van der Waals surface area contributed by atoms with E-state index in [1.54, 1.807) is 6.92 Å². The lowest BCUT2D eigenvalue weighted by atomic mass is 9.96. The SMILES string of the molecule is CC(C(=O)c1ccc(F)cc1F)n1nnc(CCN2CCN(C(c3ccccc3)c3ccccc3)CC2)n1. The Morgan fingerprint density at radius 1 is 0.895 bits per heavy atom. The molecule has 0 amide bonds. The van der Waals surface area contributed by atoms with E-state index in [1.165, 1.54) is 15.9 Å². The van der Waals surface area contributed by atoms with Crippen molar-refractivity contribution >= 4 is 5.78 Å². The van der Waals surface area contributed by atoms with Gasteiger partial charge in [-0.25, -0.2) is 8.78 Å². The molecule has 9 heteroatoms. The third-order valence-electron chi connectivity index (χ3n) is 7.05. The van der Waals surface area contributed by atoms with Gasteiger partial charge in [-0.15, -0.1) is 10.2 Å². The van der Waals surface area contributed by atoms with Crippen molar-refractivity contribution in [3.63, 3.8) is 0 Å². The molecule has 0 radical (unpaired) electrons. The highest BCUT2D eigenvalue weighted by atomic mass is 19.1. The molecule has 1 unspecified atom stereocenters.